The summed E-state index contributed by atoms with van der Waals surface area (Å²) in [5.74, 6) is 1.36. The van der Waals surface area contributed by atoms with Crippen molar-refractivity contribution in [2.45, 2.75) is 19.3 Å². The van der Waals surface area contributed by atoms with Crippen LogP contribution in [0, 0.1) is 0 Å². The lowest BCUT2D eigenvalue weighted by Crippen LogP contribution is -1.90. The quantitative estimate of drug-likeness (QED) is 0.608. The van der Waals surface area contributed by atoms with Gasteiger partial charge in [-0.1, -0.05) is 48.5 Å². The fraction of sp³-hybridized carbons (Fsp3) is 0.158. The van der Waals surface area contributed by atoms with Crippen molar-refractivity contribution in [3.63, 3.8) is 0 Å². The Morgan fingerprint density at radius 3 is 2.52 bits per heavy atom. The highest BCUT2D eigenvalue weighted by Gasteiger charge is 2.10. The van der Waals surface area contributed by atoms with Crippen molar-refractivity contribution in [3.8, 4) is 0 Å². The van der Waals surface area contributed by atoms with Crippen molar-refractivity contribution in [2.24, 2.45) is 0 Å². The Bertz CT molecular complexity index is 908. The Morgan fingerprint density at radius 2 is 1.61 bits per heavy atom. The Hall–Kier alpha value is -2.88. The van der Waals surface area contributed by atoms with Crippen LogP contribution in [-0.2, 0) is 19.3 Å². The molecule has 2 aromatic heterocycles. The van der Waals surface area contributed by atoms with Gasteiger partial charge in [0, 0.05) is 23.5 Å². The van der Waals surface area contributed by atoms with Gasteiger partial charge in [-0.2, -0.15) is 0 Å². The molecule has 0 aliphatic rings. The number of hydrogen-bond acceptors (Lipinski definition) is 3. The topological polar surface area (TPSA) is 54.7 Å². The van der Waals surface area contributed by atoms with E-state index in [9.17, 15) is 0 Å². The van der Waals surface area contributed by atoms with Crippen LogP contribution >= 0.6 is 0 Å². The van der Waals surface area contributed by atoms with Crippen LogP contribution in [0.3, 0.4) is 0 Å². The summed E-state index contributed by atoms with van der Waals surface area (Å²) in [7, 11) is 0. The van der Waals surface area contributed by atoms with Gasteiger partial charge in [0.25, 0.3) is 0 Å². The van der Waals surface area contributed by atoms with Crippen molar-refractivity contribution < 1.29 is 4.42 Å². The van der Waals surface area contributed by atoms with E-state index in [0.29, 0.717) is 18.2 Å². The average Bonchev–Trinajstić information content (AvgIpc) is 3.22. The number of H-pyrrole nitrogens is 1. The van der Waals surface area contributed by atoms with Crippen molar-refractivity contribution >= 4 is 10.9 Å². The van der Waals surface area contributed by atoms with Gasteiger partial charge in [-0.15, -0.1) is 10.2 Å². The molecular weight excluding hydrogens is 286 g/mol. The summed E-state index contributed by atoms with van der Waals surface area (Å²) in [4.78, 5) is 3.27. The largest absolute Gasteiger partial charge is 0.425 e. The summed E-state index contributed by atoms with van der Waals surface area (Å²) < 4.78 is 5.79. The first-order valence-corrected chi connectivity index (χ1v) is 7.79. The molecule has 4 rings (SSSR count). The van der Waals surface area contributed by atoms with Crippen molar-refractivity contribution in [1.82, 2.24) is 15.2 Å². The van der Waals surface area contributed by atoms with E-state index in [4.69, 9.17) is 4.42 Å². The lowest BCUT2D eigenvalue weighted by Gasteiger charge is -1.97. The molecule has 1 N–H and O–H groups in total. The van der Waals surface area contributed by atoms with E-state index in [-0.39, 0.29) is 0 Å². The molecular formula is C19H17N3O. The van der Waals surface area contributed by atoms with Gasteiger partial charge in [0.15, 0.2) is 0 Å². The SMILES string of the molecule is c1ccc(CCc2nnc(Cc3c[nH]c4ccccc34)o2)cc1. The van der Waals surface area contributed by atoms with E-state index in [1.807, 2.05) is 36.5 Å². The Kier molecular flexibility index (Phi) is 3.64. The summed E-state index contributed by atoms with van der Waals surface area (Å²) in [5, 5.41) is 9.55. The molecule has 0 unspecified atom stereocenters. The maximum absolute atomic E-state index is 5.79. The predicted octanol–water partition coefficient (Wildman–Crippen LogP) is 3.93. The predicted molar refractivity (Wildman–Crippen MR) is 89.3 cm³/mol. The summed E-state index contributed by atoms with van der Waals surface area (Å²) in [6, 6.07) is 18.6. The molecule has 0 bridgehead atoms. The first kappa shape index (κ1) is 13.8. The Morgan fingerprint density at radius 1 is 0.826 bits per heavy atom. The Labute approximate surface area is 134 Å². The number of rotatable bonds is 5. The van der Waals surface area contributed by atoms with E-state index in [0.717, 1.165) is 18.4 Å². The van der Waals surface area contributed by atoms with E-state index in [1.54, 1.807) is 0 Å². The fourth-order valence-corrected chi connectivity index (χ4v) is 2.80. The number of benzene rings is 2. The van der Waals surface area contributed by atoms with E-state index < -0.39 is 0 Å². The molecule has 23 heavy (non-hydrogen) atoms. The number of para-hydroxylation sites is 1. The minimum absolute atomic E-state index is 0.655. The standard InChI is InChI=1S/C19H17N3O/c1-2-6-14(7-3-1)10-11-18-21-22-19(23-18)12-15-13-20-17-9-5-4-8-16(15)17/h1-9,13,20H,10-12H2. The van der Waals surface area contributed by atoms with Crippen LogP contribution in [0.2, 0.25) is 0 Å². The summed E-state index contributed by atoms with van der Waals surface area (Å²) in [6.07, 6.45) is 4.35. The zero-order valence-electron chi connectivity index (χ0n) is 12.7. The third-order valence-corrected chi connectivity index (χ3v) is 4.00. The number of fused-ring (bicyclic) bond motifs is 1. The Balaban J connectivity index is 1.46. The number of nitrogens with one attached hydrogen (secondary N) is 1. The zero-order valence-corrected chi connectivity index (χ0v) is 12.7. The van der Waals surface area contributed by atoms with Crippen LogP contribution in [0.4, 0.5) is 0 Å². The van der Waals surface area contributed by atoms with Crippen molar-refractivity contribution in [3.05, 3.63) is 83.7 Å². The van der Waals surface area contributed by atoms with Crippen molar-refractivity contribution in [2.75, 3.05) is 0 Å². The molecule has 0 radical (unpaired) electrons. The maximum atomic E-state index is 5.79. The van der Waals surface area contributed by atoms with Gasteiger partial charge in [0.1, 0.15) is 0 Å². The fourth-order valence-electron chi connectivity index (χ4n) is 2.80. The average molecular weight is 303 g/mol. The van der Waals surface area contributed by atoms with Crippen LogP contribution in [0.5, 0.6) is 0 Å². The highest BCUT2D eigenvalue weighted by molar-refractivity contribution is 5.83. The summed E-state index contributed by atoms with van der Waals surface area (Å²) in [6.45, 7) is 0. The van der Waals surface area contributed by atoms with E-state index in [1.165, 1.54) is 16.5 Å². The molecule has 2 aromatic carbocycles. The second-order valence-electron chi connectivity index (χ2n) is 5.61. The van der Waals surface area contributed by atoms with Gasteiger partial charge in [-0.05, 0) is 23.6 Å². The molecule has 0 fully saturated rings. The van der Waals surface area contributed by atoms with Gasteiger partial charge in [-0.25, -0.2) is 0 Å². The van der Waals surface area contributed by atoms with Crippen LogP contribution in [0.1, 0.15) is 22.9 Å². The smallest absolute Gasteiger partial charge is 0.221 e. The van der Waals surface area contributed by atoms with E-state index >= 15 is 0 Å². The van der Waals surface area contributed by atoms with Crippen LogP contribution < -0.4 is 0 Å². The molecule has 0 saturated heterocycles. The molecule has 4 heteroatoms. The summed E-state index contributed by atoms with van der Waals surface area (Å²) in [5.41, 5.74) is 3.59. The normalized spacial score (nSPS) is 11.1. The minimum atomic E-state index is 0.655. The first-order chi connectivity index (χ1) is 11.4. The van der Waals surface area contributed by atoms with Gasteiger partial charge in [0.05, 0.1) is 6.42 Å². The lowest BCUT2D eigenvalue weighted by atomic mass is 10.1. The number of hydrogen-bond donors (Lipinski definition) is 1. The van der Waals surface area contributed by atoms with Gasteiger partial charge < -0.3 is 9.40 Å². The molecule has 0 amide bonds. The van der Waals surface area contributed by atoms with Crippen LogP contribution in [-0.4, -0.2) is 15.2 Å². The molecule has 0 aliphatic heterocycles. The number of aryl methyl sites for hydroxylation is 2. The number of nitrogens with zero attached hydrogens (tertiary/aromatic N) is 2. The lowest BCUT2D eigenvalue weighted by molar-refractivity contribution is 0.457. The molecule has 2 heterocycles. The second kappa shape index (κ2) is 6.08. The number of aromatic nitrogens is 3. The molecule has 0 aliphatic carbocycles. The van der Waals surface area contributed by atoms with Crippen LogP contribution in [0.25, 0.3) is 10.9 Å². The maximum Gasteiger partial charge on any atom is 0.221 e. The molecule has 0 spiro atoms. The molecule has 0 saturated carbocycles. The molecule has 0 atom stereocenters. The van der Waals surface area contributed by atoms with Crippen LogP contribution in [0.15, 0.2) is 65.2 Å². The highest BCUT2D eigenvalue weighted by atomic mass is 16.4. The monoisotopic (exact) mass is 303 g/mol. The zero-order chi connectivity index (χ0) is 15.5. The van der Waals surface area contributed by atoms with Gasteiger partial charge >= 0.3 is 0 Å². The second-order valence-corrected chi connectivity index (χ2v) is 5.61. The van der Waals surface area contributed by atoms with Crippen molar-refractivity contribution in [1.29, 1.82) is 0 Å². The highest BCUT2D eigenvalue weighted by Crippen LogP contribution is 2.20. The van der Waals surface area contributed by atoms with E-state index in [2.05, 4.69) is 39.4 Å². The third kappa shape index (κ3) is 3.01. The summed E-state index contributed by atoms with van der Waals surface area (Å²) >= 11 is 0. The third-order valence-electron chi connectivity index (χ3n) is 4.00. The molecule has 4 aromatic rings. The number of aromatic amines is 1. The minimum Gasteiger partial charge on any atom is -0.425 e. The van der Waals surface area contributed by atoms with Gasteiger partial charge in [0.2, 0.25) is 11.8 Å². The van der Waals surface area contributed by atoms with Gasteiger partial charge in [-0.3, -0.25) is 0 Å². The molecule has 4 nitrogen and oxygen atoms in total. The first-order valence-electron chi connectivity index (χ1n) is 7.79. The molecule has 114 valence electrons.